The Morgan fingerprint density at radius 2 is 1.89 bits per heavy atom. The highest BCUT2D eigenvalue weighted by Crippen LogP contribution is 2.30. The number of fused-ring (bicyclic) bond motifs is 3. The highest BCUT2D eigenvalue weighted by atomic mass is 127. The minimum absolute atomic E-state index is 0.888. The fourth-order valence-corrected chi connectivity index (χ4v) is 2.80. The summed E-state index contributed by atoms with van der Waals surface area (Å²) in [4.78, 5) is 0. The summed E-state index contributed by atoms with van der Waals surface area (Å²) in [6, 6.07) is 1.79. The van der Waals surface area contributed by atoms with Gasteiger partial charge in [-0.05, 0) is 25.7 Å². The summed E-state index contributed by atoms with van der Waals surface area (Å²) in [5.41, 5.74) is 0. The maximum absolute atomic E-state index is 3.57. The third-order valence-electron chi connectivity index (χ3n) is 2.41. The molecule has 3 atom stereocenters. The molecule has 3 unspecified atom stereocenters. The Balaban J connectivity index is 1.96. The second kappa shape index (κ2) is 2.38. The van der Waals surface area contributed by atoms with Gasteiger partial charge < -0.3 is 5.32 Å². The first-order chi connectivity index (χ1) is 4.34. The van der Waals surface area contributed by atoms with Crippen LogP contribution in [0.4, 0.5) is 0 Å². The molecular formula is C7H12IN. The summed E-state index contributed by atoms with van der Waals surface area (Å²) in [5.74, 6) is 0. The summed E-state index contributed by atoms with van der Waals surface area (Å²) in [6.45, 7) is 0. The van der Waals surface area contributed by atoms with Crippen LogP contribution in [0.3, 0.4) is 0 Å². The Hall–Kier alpha value is 0.690. The molecule has 2 aliphatic heterocycles. The van der Waals surface area contributed by atoms with E-state index in [1.165, 1.54) is 25.7 Å². The largest absolute Gasteiger partial charge is 0.311 e. The molecule has 0 aromatic heterocycles. The molecule has 0 radical (unpaired) electrons. The predicted octanol–water partition coefficient (Wildman–Crippen LogP) is 1.70. The molecule has 0 amide bonds. The number of alkyl halides is 1. The van der Waals surface area contributed by atoms with Gasteiger partial charge in [-0.25, -0.2) is 0 Å². The zero-order valence-corrected chi connectivity index (χ0v) is 7.60. The van der Waals surface area contributed by atoms with Crippen molar-refractivity contribution in [3.8, 4) is 0 Å². The van der Waals surface area contributed by atoms with Gasteiger partial charge in [0.15, 0.2) is 0 Å². The van der Waals surface area contributed by atoms with Crippen molar-refractivity contribution in [1.82, 2.24) is 5.32 Å². The standard InChI is InChI=1S/C7H12IN/c8-5-1-2-6-4-7(3-5)9-6/h5-7,9H,1-4H2. The molecule has 2 saturated heterocycles. The van der Waals surface area contributed by atoms with Crippen LogP contribution < -0.4 is 5.32 Å². The topological polar surface area (TPSA) is 12.0 Å². The second-order valence-electron chi connectivity index (χ2n) is 3.21. The van der Waals surface area contributed by atoms with Crippen molar-refractivity contribution in [2.24, 2.45) is 0 Å². The molecule has 3 rings (SSSR count). The molecule has 1 saturated carbocycles. The Morgan fingerprint density at radius 3 is 2.67 bits per heavy atom. The van der Waals surface area contributed by atoms with E-state index in [-0.39, 0.29) is 0 Å². The van der Waals surface area contributed by atoms with Crippen LogP contribution >= 0.6 is 22.6 Å². The van der Waals surface area contributed by atoms with E-state index in [1.54, 1.807) is 0 Å². The van der Waals surface area contributed by atoms with Crippen molar-refractivity contribution in [2.45, 2.75) is 41.7 Å². The van der Waals surface area contributed by atoms with Crippen molar-refractivity contribution in [3.05, 3.63) is 0 Å². The molecule has 9 heavy (non-hydrogen) atoms. The van der Waals surface area contributed by atoms with Crippen molar-refractivity contribution in [3.63, 3.8) is 0 Å². The number of hydrogen-bond donors (Lipinski definition) is 1. The molecule has 1 N–H and O–H groups in total. The lowest BCUT2D eigenvalue weighted by Crippen LogP contribution is -2.50. The van der Waals surface area contributed by atoms with Crippen molar-refractivity contribution < 1.29 is 0 Å². The fraction of sp³-hybridized carbons (Fsp3) is 1.00. The van der Waals surface area contributed by atoms with Gasteiger partial charge in [0.25, 0.3) is 0 Å². The van der Waals surface area contributed by atoms with Gasteiger partial charge in [0, 0.05) is 16.0 Å². The van der Waals surface area contributed by atoms with E-state index in [2.05, 4.69) is 27.9 Å². The molecule has 2 heterocycles. The van der Waals surface area contributed by atoms with Gasteiger partial charge in [-0.15, -0.1) is 0 Å². The molecule has 2 heteroatoms. The highest BCUT2D eigenvalue weighted by Gasteiger charge is 2.32. The van der Waals surface area contributed by atoms with Gasteiger partial charge in [0.1, 0.15) is 0 Å². The molecular weight excluding hydrogens is 225 g/mol. The van der Waals surface area contributed by atoms with Crippen LogP contribution in [0.1, 0.15) is 25.7 Å². The quantitative estimate of drug-likeness (QED) is 0.499. The third-order valence-corrected chi connectivity index (χ3v) is 3.54. The van der Waals surface area contributed by atoms with E-state index in [9.17, 15) is 0 Å². The molecule has 1 nitrogen and oxygen atoms in total. The lowest BCUT2D eigenvalue weighted by atomic mass is 9.96. The van der Waals surface area contributed by atoms with E-state index in [4.69, 9.17) is 0 Å². The maximum Gasteiger partial charge on any atom is 0.0125 e. The van der Waals surface area contributed by atoms with E-state index < -0.39 is 0 Å². The number of nitrogens with one attached hydrogen (secondary N) is 1. The summed E-state index contributed by atoms with van der Waals surface area (Å²) >= 11 is 2.58. The minimum atomic E-state index is 0.888. The lowest BCUT2D eigenvalue weighted by molar-refractivity contribution is 0.270. The van der Waals surface area contributed by atoms with Gasteiger partial charge >= 0.3 is 0 Å². The highest BCUT2D eigenvalue weighted by molar-refractivity contribution is 14.1. The first-order valence-corrected chi connectivity index (χ1v) is 4.99. The predicted molar refractivity (Wildman–Crippen MR) is 47.0 cm³/mol. The SMILES string of the molecule is IC1CCC2CC(C1)N2. The van der Waals surface area contributed by atoms with E-state index >= 15 is 0 Å². The first-order valence-electron chi connectivity index (χ1n) is 3.75. The van der Waals surface area contributed by atoms with Gasteiger partial charge in [-0.3, -0.25) is 0 Å². The van der Waals surface area contributed by atoms with Crippen LogP contribution in [-0.4, -0.2) is 16.0 Å². The molecule has 0 aromatic rings. The molecule has 3 aliphatic rings. The average molecular weight is 237 g/mol. The summed E-state index contributed by atoms with van der Waals surface area (Å²) in [7, 11) is 0. The molecule has 2 bridgehead atoms. The van der Waals surface area contributed by atoms with Crippen molar-refractivity contribution in [1.29, 1.82) is 0 Å². The van der Waals surface area contributed by atoms with E-state index in [1.807, 2.05) is 0 Å². The monoisotopic (exact) mass is 237 g/mol. The molecule has 52 valence electrons. The van der Waals surface area contributed by atoms with Crippen molar-refractivity contribution >= 4 is 22.6 Å². The Labute approximate surface area is 69.7 Å². The number of hydrogen-bond acceptors (Lipinski definition) is 1. The molecule has 0 aromatic carbocycles. The van der Waals surface area contributed by atoms with Gasteiger partial charge in [0.05, 0.1) is 0 Å². The van der Waals surface area contributed by atoms with Crippen LogP contribution in [0.5, 0.6) is 0 Å². The lowest BCUT2D eigenvalue weighted by Gasteiger charge is -2.34. The third kappa shape index (κ3) is 1.24. The van der Waals surface area contributed by atoms with E-state index in [0.29, 0.717) is 0 Å². The maximum atomic E-state index is 3.57. The zero-order chi connectivity index (χ0) is 6.27. The first kappa shape index (κ1) is 6.40. The van der Waals surface area contributed by atoms with Crippen LogP contribution in [0.15, 0.2) is 0 Å². The van der Waals surface area contributed by atoms with E-state index in [0.717, 1.165) is 16.0 Å². The van der Waals surface area contributed by atoms with Gasteiger partial charge in [-0.2, -0.15) is 0 Å². The number of rotatable bonds is 0. The molecule has 0 spiro atoms. The van der Waals surface area contributed by atoms with Crippen molar-refractivity contribution in [2.75, 3.05) is 0 Å². The Kier molecular flexibility index (Phi) is 1.69. The van der Waals surface area contributed by atoms with Gasteiger partial charge in [0.2, 0.25) is 0 Å². The van der Waals surface area contributed by atoms with Gasteiger partial charge in [-0.1, -0.05) is 22.6 Å². The van der Waals surface area contributed by atoms with Crippen LogP contribution in [0.25, 0.3) is 0 Å². The molecule has 1 aliphatic carbocycles. The summed E-state index contributed by atoms with van der Waals surface area (Å²) < 4.78 is 0.951. The van der Waals surface area contributed by atoms with Crippen LogP contribution in [-0.2, 0) is 0 Å². The number of halogens is 1. The second-order valence-corrected chi connectivity index (χ2v) is 4.97. The molecule has 3 fully saturated rings. The Bertz CT molecular complexity index is 109. The normalized spacial score (nSPS) is 49.7. The zero-order valence-electron chi connectivity index (χ0n) is 5.44. The summed E-state index contributed by atoms with van der Waals surface area (Å²) in [5, 5.41) is 3.57. The smallest absolute Gasteiger partial charge is 0.0125 e. The minimum Gasteiger partial charge on any atom is -0.311 e. The van der Waals surface area contributed by atoms with Crippen LogP contribution in [0.2, 0.25) is 0 Å². The van der Waals surface area contributed by atoms with Crippen LogP contribution in [0, 0.1) is 0 Å². The summed E-state index contributed by atoms with van der Waals surface area (Å²) in [6.07, 6.45) is 5.73. The Morgan fingerprint density at radius 1 is 1.11 bits per heavy atom. The average Bonchev–Trinajstić information content (AvgIpc) is 1.93. The fourth-order valence-electron chi connectivity index (χ4n) is 1.83.